The predicted octanol–water partition coefficient (Wildman–Crippen LogP) is 0.881. The van der Waals surface area contributed by atoms with E-state index in [4.69, 9.17) is 4.74 Å². The van der Waals surface area contributed by atoms with E-state index >= 15 is 0 Å². The van der Waals surface area contributed by atoms with Crippen LogP contribution in [0, 0.1) is 0 Å². The molecule has 1 saturated heterocycles. The van der Waals surface area contributed by atoms with Gasteiger partial charge in [0, 0.05) is 25.3 Å². The lowest BCUT2D eigenvalue weighted by atomic mass is 10.1. The molecule has 0 atom stereocenters. The highest BCUT2D eigenvalue weighted by atomic mass is 16.5. The average Bonchev–Trinajstić information content (AvgIpc) is 2.23. The Morgan fingerprint density at radius 2 is 2.19 bits per heavy atom. The number of amides is 1. The molecule has 0 saturated carbocycles. The van der Waals surface area contributed by atoms with Crippen molar-refractivity contribution in [3.63, 3.8) is 0 Å². The number of benzene rings is 1. The Hall–Kier alpha value is -1.55. The molecule has 0 unspecified atom stereocenters. The van der Waals surface area contributed by atoms with Crippen LogP contribution in [-0.2, 0) is 4.74 Å². The first kappa shape index (κ1) is 11.0. The maximum Gasteiger partial charge on any atom is 0.251 e. The molecule has 16 heavy (non-hydrogen) atoms. The number of carbonyl (C=O) groups is 1. The van der Waals surface area contributed by atoms with Crippen molar-refractivity contribution < 1.29 is 9.53 Å². The SMILES string of the molecule is CN(C)c1cccc(C(=O)NC2COC2)c1. The molecule has 86 valence electrons. The summed E-state index contributed by atoms with van der Waals surface area (Å²) < 4.78 is 5.01. The maximum atomic E-state index is 11.8. The molecule has 1 aliphatic rings. The largest absolute Gasteiger partial charge is 0.378 e. The predicted molar refractivity (Wildman–Crippen MR) is 62.8 cm³/mol. The number of hydrogen-bond acceptors (Lipinski definition) is 3. The van der Waals surface area contributed by atoms with Crippen LogP contribution in [-0.4, -0.2) is 39.3 Å². The molecule has 1 aromatic carbocycles. The molecule has 1 aliphatic heterocycles. The minimum atomic E-state index is -0.0306. The van der Waals surface area contributed by atoms with Gasteiger partial charge in [-0.25, -0.2) is 0 Å². The summed E-state index contributed by atoms with van der Waals surface area (Å²) in [6.07, 6.45) is 0. The fourth-order valence-corrected chi connectivity index (χ4v) is 1.51. The van der Waals surface area contributed by atoms with Gasteiger partial charge in [-0.1, -0.05) is 6.07 Å². The van der Waals surface area contributed by atoms with Crippen molar-refractivity contribution in [1.29, 1.82) is 0 Å². The number of rotatable bonds is 3. The van der Waals surface area contributed by atoms with Gasteiger partial charge in [0.2, 0.25) is 0 Å². The van der Waals surface area contributed by atoms with Gasteiger partial charge in [-0.15, -0.1) is 0 Å². The van der Waals surface area contributed by atoms with Crippen molar-refractivity contribution in [3.8, 4) is 0 Å². The summed E-state index contributed by atoms with van der Waals surface area (Å²) in [5.74, 6) is -0.0306. The third kappa shape index (κ3) is 2.33. The Morgan fingerprint density at radius 3 is 2.75 bits per heavy atom. The lowest BCUT2D eigenvalue weighted by molar-refractivity contribution is -0.00346. The third-order valence-corrected chi connectivity index (χ3v) is 2.60. The first-order valence-corrected chi connectivity index (χ1v) is 5.33. The Morgan fingerprint density at radius 1 is 1.44 bits per heavy atom. The monoisotopic (exact) mass is 220 g/mol. The van der Waals surface area contributed by atoms with Crippen LogP contribution < -0.4 is 10.2 Å². The number of nitrogens with one attached hydrogen (secondary N) is 1. The minimum Gasteiger partial charge on any atom is -0.378 e. The van der Waals surface area contributed by atoms with Gasteiger partial charge in [-0.3, -0.25) is 4.79 Å². The van der Waals surface area contributed by atoms with Crippen molar-refractivity contribution in [2.75, 3.05) is 32.2 Å². The number of nitrogens with zero attached hydrogens (tertiary/aromatic N) is 1. The van der Waals surface area contributed by atoms with E-state index in [9.17, 15) is 4.79 Å². The molecular weight excluding hydrogens is 204 g/mol. The van der Waals surface area contributed by atoms with Gasteiger partial charge in [0.05, 0.1) is 19.3 Å². The van der Waals surface area contributed by atoms with E-state index in [0.717, 1.165) is 5.69 Å². The van der Waals surface area contributed by atoms with E-state index in [1.54, 1.807) is 0 Å². The van der Waals surface area contributed by atoms with E-state index in [2.05, 4.69) is 5.32 Å². The molecule has 1 heterocycles. The highest BCUT2D eigenvalue weighted by Crippen LogP contribution is 2.13. The summed E-state index contributed by atoms with van der Waals surface area (Å²) in [6.45, 7) is 1.25. The fraction of sp³-hybridized carbons (Fsp3) is 0.417. The summed E-state index contributed by atoms with van der Waals surface area (Å²) in [4.78, 5) is 13.8. The maximum absolute atomic E-state index is 11.8. The van der Waals surface area contributed by atoms with Crippen LogP contribution in [0.1, 0.15) is 10.4 Å². The highest BCUT2D eigenvalue weighted by Gasteiger charge is 2.20. The van der Waals surface area contributed by atoms with Gasteiger partial charge in [0.1, 0.15) is 0 Å². The van der Waals surface area contributed by atoms with Crippen LogP contribution in [0.2, 0.25) is 0 Å². The average molecular weight is 220 g/mol. The van der Waals surface area contributed by atoms with E-state index in [1.807, 2.05) is 43.3 Å². The fourth-order valence-electron chi connectivity index (χ4n) is 1.51. The third-order valence-electron chi connectivity index (χ3n) is 2.60. The summed E-state index contributed by atoms with van der Waals surface area (Å²) >= 11 is 0. The smallest absolute Gasteiger partial charge is 0.251 e. The first-order valence-electron chi connectivity index (χ1n) is 5.33. The zero-order valence-electron chi connectivity index (χ0n) is 9.56. The standard InChI is InChI=1S/C12H16N2O2/c1-14(2)11-5-3-4-9(6-11)12(15)13-10-7-16-8-10/h3-6,10H,7-8H2,1-2H3,(H,13,15). The minimum absolute atomic E-state index is 0.0306. The number of anilines is 1. The van der Waals surface area contributed by atoms with Gasteiger partial charge in [0.25, 0.3) is 5.91 Å². The summed E-state index contributed by atoms with van der Waals surface area (Å²) in [7, 11) is 3.91. The zero-order valence-corrected chi connectivity index (χ0v) is 9.56. The highest BCUT2D eigenvalue weighted by molar-refractivity contribution is 5.95. The molecule has 0 aliphatic carbocycles. The van der Waals surface area contributed by atoms with E-state index in [0.29, 0.717) is 18.8 Å². The molecule has 1 amide bonds. The number of ether oxygens (including phenoxy) is 1. The molecule has 0 aromatic heterocycles. The first-order chi connectivity index (χ1) is 7.66. The van der Waals surface area contributed by atoms with E-state index in [1.165, 1.54) is 0 Å². The summed E-state index contributed by atoms with van der Waals surface area (Å²) in [5, 5.41) is 2.92. The van der Waals surface area contributed by atoms with Crippen LogP contribution >= 0.6 is 0 Å². The molecule has 0 spiro atoms. The van der Waals surface area contributed by atoms with Crippen LogP contribution in [0.15, 0.2) is 24.3 Å². The van der Waals surface area contributed by atoms with Crippen LogP contribution in [0.5, 0.6) is 0 Å². The topological polar surface area (TPSA) is 41.6 Å². The van der Waals surface area contributed by atoms with Crippen molar-refractivity contribution in [2.24, 2.45) is 0 Å². The lowest BCUT2D eigenvalue weighted by Crippen LogP contribution is -2.48. The Labute approximate surface area is 95.2 Å². The molecule has 1 aromatic rings. The van der Waals surface area contributed by atoms with Gasteiger partial charge in [-0.2, -0.15) is 0 Å². The van der Waals surface area contributed by atoms with Crippen LogP contribution in [0.25, 0.3) is 0 Å². The second-order valence-electron chi connectivity index (χ2n) is 4.15. The lowest BCUT2D eigenvalue weighted by Gasteiger charge is -2.26. The van der Waals surface area contributed by atoms with Crippen LogP contribution in [0.3, 0.4) is 0 Å². The van der Waals surface area contributed by atoms with E-state index in [-0.39, 0.29) is 11.9 Å². The number of carbonyl (C=O) groups excluding carboxylic acids is 1. The molecule has 1 fully saturated rings. The quantitative estimate of drug-likeness (QED) is 0.822. The summed E-state index contributed by atoms with van der Waals surface area (Å²) in [5.41, 5.74) is 1.72. The van der Waals surface area contributed by atoms with Crippen molar-refractivity contribution in [2.45, 2.75) is 6.04 Å². The molecule has 4 heteroatoms. The molecule has 4 nitrogen and oxygen atoms in total. The van der Waals surface area contributed by atoms with E-state index < -0.39 is 0 Å². The van der Waals surface area contributed by atoms with Crippen molar-refractivity contribution >= 4 is 11.6 Å². The number of hydrogen-bond donors (Lipinski definition) is 1. The molecule has 0 bridgehead atoms. The van der Waals surface area contributed by atoms with Gasteiger partial charge >= 0.3 is 0 Å². The Balaban J connectivity index is 2.06. The second-order valence-corrected chi connectivity index (χ2v) is 4.15. The Kier molecular flexibility index (Phi) is 3.10. The molecule has 0 radical (unpaired) electrons. The zero-order chi connectivity index (χ0) is 11.5. The van der Waals surface area contributed by atoms with Gasteiger partial charge < -0.3 is 15.0 Å². The molecule has 2 rings (SSSR count). The molecule has 1 N–H and O–H groups in total. The Bertz CT molecular complexity index is 386. The van der Waals surface area contributed by atoms with Gasteiger partial charge in [0.15, 0.2) is 0 Å². The van der Waals surface area contributed by atoms with Crippen LogP contribution in [0.4, 0.5) is 5.69 Å². The summed E-state index contributed by atoms with van der Waals surface area (Å²) in [6, 6.07) is 7.75. The normalized spacial score (nSPS) is 15.4. The van der Waals surface area contributed by atoms with Gasteiger partial charge in [-0.05, 0) is 18.2 Å². The van der Waals surface area contributed by atoms with Crippen molar-refractivity contribution in [3.05, 3.63) is 29.8 Å². The van der Waals surface area contributed by atoms with Crippen molar-refractivity contribution in [1.82, 2.24) is 5.32 Å². The molecular formula is C12H16N2O2. The second kappa shape index (κ2) is 4.53.